The molecule has 4 rings (SSSR count). The Kier molecular flexibility index (Phi) is 6.37. The van der Waals surface area contributed by atoms with Gasteiger partial charge in [-0.1, -0.05) is 84.4 Å². The quantitative estimate of drug-likeness (QED) is 0.653. The van der Waals surface area contributed by atoms with E-state index in [0.717, 1.165) is 27.8 Å². The maximum Gasteiger partial charge on any atom is 0.251 e. The van der Waals surface area contributed by atoms with Gasteiger partial charge in [-0.25, -0.2) is 0 Å². The van der Waals surface area contributed by atoms with Crippen molar-refractivity contribution < 1.29 is 14.3 Å². The molecule has 0 radical (unpaired) electrons. The minimum absolute atomic E-state index is 0.0254. The van der Waals surface area contributed by atoms with Crippen LogP contribution in [0.1, 0.15) is 16.7 Å². The molecule has 0 spiro atoms. The van der Waals surface area contributed by atoms with Crippen LogP contribution >= 0.6 is 0 Å². The number of ether oxygens (including phenoxy) is 1. The highest BCUT2D eigenvalue weighted by Gasteiger charge is 2.43. The Bertz CT molecular complexity index is 1110. The zero-order chi connectivity index (χ0) is 22.6. The zero-order valence-corrected chi connectivity index (χ0v) is 18.3. The first-order valence-corrected chi connectivity index (χ1v) is 10.9. The predicted molar refractivity (Wildman–Crippen MR) is 125 cm³/mol. The van der Waals surface area contributed by atoms with E-state index in [1.165, 1.54) is 0 Å². The summed E-state index contributed by atoms with van der Waals surface area (Å²) in [4.78, 5) is 27.3. The first kappa shape index (κ1) is 21.8. The molecule has 0 bridgehead atoms. The van der Waals surface area contributed by atoms with E-state index in [9.17, 15) is 9.59 Å². The maximum atomic E-state index is 13.0. The molecule has 5 heteroatoms. The Morgan fingerprint density at radius 1 is 0.938 bits per heavy atom. The van der Waals surface area contributed by atoms with Gasteiger partial charge >= 0.3 is 0 Å². The van der Waals surface area contributed by atoms with Gasteiger partial charge in [0.05, 0.1) is 19.6 Å². The second kappa shape index (κ2) is 9.37. The highest BCUT2D eigenvalue weighted by molar-refractivity contribution is 5.86. The van der Waals surface area contributed by atoms with Crippen LogP contribution in [0, 0.1) is 6.92 Å². The van der Waals surface area contributed by atoms with Crippen LogP contribution in [0.25, 0.3) is 11.1 Å². The van der Waals surface area contributed by atoms with Crippen LogP contribution in [0.2, 0.25) is 0 Å². The van der Waals surface area contributed by atoms with Crippen LogP contribution in [0.3, 0.4) is 0 Å². The topological polar surface area (TPSA) is 72.6 Å². The third-order valence-corrected chi connectivity index (χ3v) is 5.95. The van der Waals surface area contributed by atoms with E-state index >= 15 is 0 Å². The molecule has 3 aromatic rings. The number of benzene rings is 3. The largest absolute Gasteiger partial charge is 0.367 e. The van der Waals surface area contributed by atoms with Crippen LogP contribution in [0.4, 0.5) is 0 Å². The van der Waals surface area contributed by atoms with Crippen molar-refractivity contribution in [1.29, 1.82) is 0 Å². The van der Waals surface area contributed by atoms with Gasteiger partial charge in [-0.3, -0.25) is 9.59 Å². The standard InChI is InChI=1S/C27H28N2O3/c1-20-7-5-8-21(15-20)17-25(30)29-13-14-32-27(19-29,26(28)31)18-22-9-6-12-24(16-22)23-10-3-2-4-11-23/h2-12,15-16H,13-14,17-19H2,1H3,(H2,28,31)/t27-/m1/s1. The fourth-order valence-corrected chi connectivity index (χ4v) is 4.27. The Labute approximate surface area is 188 Å². The molecule has 2 amide bonds. The van der Waals surface area contributed by atoms with Crippen molar-refractivity contribution in [2.45, 2.75) is 25.4 Å². The molecule has 1 aliphatic rings. The molecule has 0 aromatic heterocycles. The van der Waals surface area contributed by atoms with E-state index in [-0.39, 0.29) is 19.1 Å². The number of hydrogen-bond acceptors (Lipinski definition) is 3. The van der Waals surface area contributed by atoms with E-state index in [1.807, 2.05) is 79.7 Å². The molecule has 164 valence electrons. The van der Waals surface area contributed by atoms with E-state index in [1.54, 1.807) is 4.90 Å². The van der Waals surface area contributed by atoms with E-state index < -0.39 is 11.5 Å². The number of hydrogen-bond donors (Lipinski definition) is 1. The number of carbonyl (C=O) groups is 2. The van der Waals surface area contributed by atoms with E-state index in [0.29, 0.717) is 19.4 Å². The average molecular weight is 429 g/mol. The van der Waals surface area contributed by atoms with Crippen LogP contribution in [-0.4, -0.2) is 42.0 Å². The van der Waals surface area contributed by atoms with Crippen LogP contribution < -0.4 is 5.73 Å². The Hall–Kier alpha value is -3.44. The van der Waals surface area contributed by atoms with Crippen LogP contribution in [0.15, 0.2) is 78.9 Å². The summed E-state index contributed by atoms with van der Waals surface area (Å²) in [6.45, 7) is 2.89. The summed E-state index contributed by atoms with van der Waals surface area (Å²) in [6, 6.07) is 26.0. The summed E-state index contributed by atoms with van der Waals surface area (Å²) in [6.07, 6.45) is 0.608. The van der Waals surface area contributed by atoms with Crippen molar-refractivity contribution in [2.75, 3.05) is 19.7 Å². The number of morpholine rings is 1. The highest BCUT2D eigenvalue weighted by Crippen LogP contribution is 2.27. The molecule has 0 unspecified atom stereocenters. The van der Waals surface area contributed by atoms with Gasteiger partial charge in [0.1, 0.15) is 0 Å². The molecule has 0 aliphatic carbocycles. The van der Waals surface area contributed by atoms with Gasteiger partial charge in [-0.05, 0) is 29.2 Å². The molecule has 1 saturated heterocycles. The second-order valence-corrected chi connectivity index (χ2v) is 8.43. The summed E-state index contributed by atoms with van der Waals surface area (Å²) >= 11 is 0. The summed E-state index contributed by atoms with van der Waals surface area (Å²) in [5.41, 5.74) is 9.77. The van der Waals surface area contributed by atoms with E-state index in [2.05, 4.69) is 6.07 Å². The zero-order valence-electron chi connectivity index (χ0n) is 18.3. The summed E-state index contributed by atoms with van der Waals surface area (Å²) in [5, 5.41) is 0. The van der Waals surface area contributed by atoms with Crippen LogP contribution in [-0.2, 0) is 27.2 Å². The molecule has 1 aliphatic heterocycles. The number of nitrogens with two attached hydrogens (primary N) is 1. The Morgan fingerprint density at radius 3 is 2.41 bits per heavy atom. The molecule has 3 aromatic carbocycles. The van der Waals surface area contributed by atoms with Crippen molar-refractivity contribution >= 4 is 11.8 Å². The Balaban J connectivity index is 1.53. The molecule has 32 heavy (non-hydrogen) atoms. The number of amides is 2. The SMILES string of the molecule is Cc1cccc(CC(=O)N2CCO[C@@](Cc3cccc(-c4ccccc4)c3)(C(N)=O)C2)c1. The van der Waals surface area contributed by atoms with Gasteiger partial charge in [0.2, 0.25) is 5.91 Å². The molecule has 0 saturated carbocycles. The summed E-state index contributed by atoms with van der Waals surface area (Å²) < 4.78 is 5.96. The number of rotatable bonds is 6. The highest BCUT2D eigenvalue weighted by atomic mass is 16.5. The first-order chi connectivity index (χ1) is 15.4. The lowest BCUT2D eigenvalue weighted by Crippen LogP contribution is -2.61. The number of primary amides is 1. The van der Waals surface area contributed by atoms with Crippen molar-refractivity contribution in [3.8, 4) is 11.1 Å². The molecule has 1 fully saturated rings. The number of nitrogens with zero attached hydrogens (tertiary/aromatic N) is 1. The van der Waals surface area contributed by atoms with Gasteiger partial charge < -0.3 is 15.4 Å². The molecular weight excluding hydrogens is 400 g/mol. The smallest absolute Gasteiger partial charge is 0.251 e. The average Bonchev–Trinajstić information content (AvgIpc) is 2.80. The fourth-order valence-electron chi connectivity index (χ4n) is 4.27. The lowest BCUT2D eigenvalue weighted by atomic mass is 9.90. The second-order valence-electron chi connectivity index (χ2n) is 8.43. The lowest BCUT2D eigenvalue weighted by molar-refractivity contribution is -0.163. The van der Waals surface area contributed by atoms with Gasteiger partial charge in [0.15, 0.2) is 5.60 Å². The fraction of sp³-hybridized carbons (Fsp3) is 0.259. The minimum atomic E-state index is -1.24. The molecule has 2 N–H and O–H groups in total. The monoisotopic (exact) mass is 428 g/mol. The normalized spacial score (nSPS) is 18.3. The molecular formula is C27H28N2O3. The van der Waals surface area contributed by atoms with Crippen molar-refractivity contribution in [3.05, 3.63) is 95.6 Å². The van der Waals surface area contributed by atoms with Gasteiger partial charge in [0.25, 0.3) is 5.91 Å². The third kappa shape index (κ3) is 4.89. The molecule has 1 atom stereocenters. The van der Waals surface area contributed by atoms with Crippen LogP contribution in [0.5, 0.6) is 0 Å². The Morgan fingerprint density at radius 2 is 1.66 bits per heavy atom. The summed E-state index contributed by atoms with van der Waals surface area (Å²) in [7, 11) is 0. The number of carbonyl (C=O) groups excluding carboxylic acids is 2. The van der Waals surface area contributed by atoms with Crippen molar-refractivity contribution in [3.63, 3.8) is 0 Å². The number of aryl methyl sites for hydroxylation is 1. The molecule has 5 nitrogen and oxygen atoms in total. The van der Waals surface area contributed by atoms with E-state index in [4.69, 9.17) is 10.5 Å². The predicted octanol–water partition coefficient (Wildman–Crippen LogP) is 3.53. The summed E-state index contributed by atoms with van der Waals surface area (Å²) in [5.74, 6) is -0.571. The molecule has 1 heterocycles. The van der Waals surface area contributed by atoms with Crippen molar-refractivity contribution in [2.24, 2.45) is 5.73 Å². The van der Waals surface area contributed by atoms with Crippen molar-refractivity contribution in [1.82, 2.24) is 4.90 Å². The maximum absolute atomic E-state index is 13.0. The van der Waals surface area contributed by atoms with Gasteiger partial charge in [-0.2, -0.15) is 0 Å². The lowest BCUT2D eigenvalue weighted by Gasteiger charge is -2.41. The third-order valence-electron chi connectivity index (χ3n) is 5.95. The first-order valence-electron chi connectivity index (χ1n) is 10.9. The minimum Gasteiger partial charge on any atom is -0.367 e. The van der Waals surface area contributed by atoms with Gasteiger partial charge in [-0.15, -0.1) is 0 Å². The van der Waals surface area contributed by atoms with Gasteiger partial charge in [0, 0.05) is 13.0 Å².